The summed E-state index contributed by atoms with van der Waals surface area (Å²) in [7, 11) is 0. The summed E-state index contributed by atoms with van der Waals surface area (Å²) in [6, 6.07) is 0. The molecule has 1 aliphatic heterocycles. The number of nitrogen functional groups attached to an aromatic ring is 1. The molecule has 0 aliphatic carbocycles. The first kappa shape index (κ1) is 5.67. The van der Waals surface area contributed by atoms with Crippen LogP contribution in [0.1, 0.15) is 11.8 Å². The maximum absolute atomic E-state index is 5.26. The predicted octanol–water partition coefficient (Wildman–Crippen LogP) is -0.661. The molecule has 1 aromatic heterocycles. The van der Waals surface area contributed by atoms with Crippen molar-refractivity contribution in [3.8, 4) is 0 Å². The van der Waals surface area contributed by atoms with E-state index in [0.29, 0.717) is 11.8 Å². The van der Waals surface area contributed by atoms with Gasteiger partial charge in [-0.15, -0.1) is 0 Å². The van der Waals surface area contributed by atoms with Crippen molar-refractivity contribution in [2.24, 2.45) is 0 Å². The SMILES string of the molecule is Nc1noc(C2CNC2)n1. The van der Waals surface area contributed by atoms with Crippen LogP contribution in [0.25, 0.3) is 0 Å². The molecule has 1 saturated heterocycles. The number of nitrogens with two attached hydrogens (primary N) is 1. The maximum atomic E-state index is 5.26. The van der Waals surface area contributed by atoms with Gasteiger partial charge >= 0.3 is 0 Å². The highest BCUT2D eigenvalue weighted by Crippen LogP contribution is 2.17. The van der Waals surface area contributed by atoms with Gasteiger partial charge in [0.25, 0.3) is 5.95 Å². The smallest absolute Gasteiger partial charge is 0.260 e. The van der Waals surface area contributed by atoms with Crippen molar-refractivity contribution in [2.45, 2.75) is 5.92 Å². The zero-order valence-corrected chi connectivity index (χ0v) is 5.37. The monoisotopic (exact) mass is 140 g/mol. The molecule has 0 bridgehead atoms. The third-order valence-corrected chi connectivity index (χ3v) is 1.59. The number of anilines is 1. The van der Waals surface area contributed by atoms with E-state index in [-0.39, 0.29) is 5.95 Å². The van der Waals surface area contributed by atoms with Crippen molar-refractivity contribution in [1.82, 2.24) is 15.5 Å². The molecule has 54 valence electrons. The fourth-order valence-electron chi connectivity index (χ4n) is 0.876. The fraction of sp³-hybridized carbons (Fsp3) is 0.600. The van der Waals surface area contributed by atoms with E-state index in [1.165, 1.54) is 0 Å². The predicted molar refractivity (Wildman–Crippen MR) is 34.3 cm³/mol. The van der Waals surface area contributed by atoms with Gasteiger partial charge in [-0.05, 0) is 5.16 Å². The van der Waals surface area contributed by atoms with E-state index in [4.69, 9.17) is 10.3 Å². The molecule has 10 heavy (non-hydrogen) atoms. The molecule has 0 saturated carbocycles. The number of aromatic nitrogens is 2. The average molecular weight is 140 g/mol. The van der Waals surface area contributed by atoms with Gasteiger partial charge in [-0.3, -0.25) is 0 Å². The van der Waals surface area contributed by atoms with Gasteiger partial charge in [-0.2, -0.15) is 4.98 Å². The summed E-state index contributed by atoms with van der Waals surface area (Å²) in [4.78, 5) is 3.89. The first-order valence-corrected chi connectivity index (χ1v) is 3.16. The minimum absolute atomic E-state index is 0.224. The van der Waals surface area contributed by atoms with Crippen molar-refractivity contribution in [3.63, 3.8) is 0 Å². The van der Waals surface area contributed by atoms with Crippen molar-refractivity contribution >= 4 is 5.95 Å². The molecular formula is C5H8N4O. The van der Waals surface area contributed by atoms with Crippen LogP contribution in [-0.2, 0) is 0 Å². The van der Waals surface area contributed by atoms with Crippen LogP contribution in [0, 0.1) is 0 Å². The Morgan fingerprint density at radius 2 is 2.40 bits per heavy atom. The normalized spacial score (nSPS) is 18.8. The summed E-state index contributed by atoms with van der Waals surface area (Å²) in [5, 5.41) is 6.58. The second-order valence-electron chi connectivity index (χ2n) is 2.35. The van der Waals surface area contributed by atoms with Crippen molar-refractivity contribution in [1.29, 1.82) is 0 Å². The van der Waals surface area contributed by atoms with Gasteiger partial charge in [0.05, 0.1) is 5.92 Å². The molecule has 1 aliphatic rings. The standard InChI is InChI=1S/C5H8N4O/c6-5-8-4(10-9-5)3-1-7-2-3/h3,7H,1-2H2,(H2,6,9). The zero-order valence-electron chi connectivity index (χ0n) is 5.37. The van der Waals surface area contributed by atoms with Gasteiger partial charge in [-0.1, -0.05) is 0 Å². The van der Waals surface area contributed by atoms with Crippen LogP contribution in [0.5, 0.6) is 0 Å². The summed E-state index contributed by atoms with van der Waals surface area (Å²) in [5.41, 5.74) is 5.26. The second kappa shape index (κ2) is 1.95. The van der Waals surface area contributed by atoms with E-state index in [0.717, 1.165) is 13.1 Å². The molecule has 2 rings (SSSR count). The van der Waals surface area contributed by atoms with E-state index in [9.17, 15) is 0 Å². The number of hydrogen-bond acceptors (Lipinski definition) is 5. The Morgan fingerprint density at radius 3 is 2.80 bits per heavy atom. The molecule has 3 N–H and O–H groups in total. The highest BCUT2D eigenvalue weighted by atomic mass is 16.5. The van der Waals surface area contributed by atoms with Gasteiger partial charge in [0, 0.05) is 13.1 Å². The average Bonchev–Trinajstić information content (AvgIpc) is 2.10. The molecule has 0 unspecified atom stereocenters. The summed E-state index contributed by atoms with van der Waals surface area (Å²) in [6.07, 6.45) is 0. The lowest BCUT2D eigenvalue weighted by Gasteiger charge is -2.22. The van der Waals surface area contributed by atoms with Gasteiger partial charge in [0.1, 0.15) is 0 Å². The van der Waals surface area contributed by atoms with E-state index in [1.54, 1.807) is 0 Å². The van der Waals surface area contributed by atoms with Gasteiger partial charge in [0.15, 0.2) is 0 Å². The number of nitrogens with one attached hydrogen (secondary N) is 1. The second-order valence-corrected chi connectivity index (χ2v) is 2.35. The Hall–Kier alpha value is -1.10. The summed E-state index contributed by atoms with van der Waals surface area (Å²) in [5.74, 6) is 1.25. The Kier molecular flexibility index (Phi) is 1.10. The lowest BCUT2D eigenvalue weighted by Crippen LogP contribution is -2.40. The molecule has 5 nitrogen and oxygen atoms in total. The van der Waals surface area contributed by atoms with Crippen LogP contribution < -0.4 is 11.1 Å². The minimum atomic E-state index is 0.224. The molecule has 0 spiro atoms. The highest BCUT2D eigenvalue weighted by molar-refractivity contribution is 5.13. The van der Waals surface area contributed by atoms with Crippen molar-refractivity contribution < 1.29 is 4.52 Å². The van der Waals surface area contributed by atoms with Gasteiger partial charge in [0.2, 0.25) is 5.89 Å². The van der Waals surface area contributed by atoms with E-state index in [1.807, 2.05) is 0 Å². The fourth-order valence-corrected chi connectivity index (χ4v) is 0.876. The van der Waals surface area contributed by atoms with Crippen LogP contribution in [0.2, 0.25) is 0 Å². The molecule has 0 aromatic carbocycles. The van der Waals surface area contributed by atoms with E-state index in [2.05, 4.69) is 15.5 Å². The quantitative estimate of drug-likeness (QED) is 0.541. The van der Waals surface area contributed by atoms with Crippen LogP contribution in [0.4, 0.5) is 5.95 Å². The summed E-state index contributed by atoms with van der Waals surface area (Å²) < 4.78 is 4.84. The van der Waals surface area contributed by atoms with E-state index < -0.39 is 0 Å². The van der Waals surface area contributed by atoms with Crippen LogP contribution >= 0.6 is 0 Å². The van der Waals surface area contributed by atoms with Crippen LogP contribution in [0.15, 0.2) is 4.52 Å². The van der Waals surface area contributed by atoms with Crippen LogP contribution in [0.3, 0.4) is 0 Å². The lowest BCUT2D eigenvalue weighted by atomic mass is 10.0. The Morgan fingerprint density at radius 1 is 1.60 bits per heavy atom. The number of hydrogen-bond donors (Lipinski definition) is 2. The first-order chi connectivity index (χ1) is 4.86. The molecule has 5 heteroatoms. The van der Waals surface area contributed by atoms with Gasteiger partial charge in [-0.25, -0.2) is 0 Å². The topological polar surface area (TPSA) is 77.0 Å². The minimum Gasteiger partial charge on any atom is -0.365 e. The first-order valence-electron chi connectivity index (χ1n) is 3.16. The van der Waals surface area contributed by atoms with Crippen molar-refractivity contribution in [3.05, 3.63) is 5.89 Å². The largest absolute Gasteiger partial charge is 0.365 e. The van der Waals surface area contributed by atoms with Gasteiger partial charge < -0.3 is 15.6 Å². The molecule has 2 heterocycles. The molecular weight excluding hydrogens is 132 g/mol. The molecule has 0 radical (unpaired) electrons. The number of rotatable bonds is 1. The lowest BCUT2D eigenvalue weighted by molar-refractivity contribution is 0.308. The highest BCUT2D eigenvalue weighted by Gasteiger charge is 2.24. The maximum Gasteiger partial charge on any atom is 0.260 e. The Labute approximate surface area is 57.6 Å². The molecule has 0 atom stereocenters. The summed E-state index contributed by atoms with van der Waals surface area (Å²) in [6.45, 7) is 1.84. The zero-order chi connectivity index (χ0) is 6.97. The third-order valence-electron chi connectivity index (χ3n) is 1.59. The number of nitrogens with zero attached hydrogens (tertiary/aromatic N) is 2. The Balaban J connectivity index is 2.17. The third kappa shape index (κ3) is 0.750. The Bertz CT molecular complexity index is 229. The van der Waals surface area contributed by atoms with Crippen LogP contribution in [-0.4, -0.2) is 23.2 Å². The van der Waals surface area contributed by atoms with Crippen molar-refractivity contribution in [2.75, 3.05) is 18.8 Å². The molecule has 0 amide bonds. The summed E-state index contributed by atoms with van der Waals surface area (Å²) >= 11 is 0. The van der Waals surface area contributed by atoms with E-state index >= 15 is 0 Å². The molecule has 1 aromatic rings. The molecule has 1 fully saturated rings.